The number of piperazine rings is 1. The molecule has 3 aromatic carbocycles. The molecule has 42 heavy (non-hydrogen) atoms. The molecule has 8 heteroatoms. The van der Waals surface area contributed by atoms with Crippen LogP contribution in [0.15, 0.2) is 78.9 Å². The molecule has 2 saturated heterocycles. The molecule has 7 nitrogen and oxygen atoms in total. The monoisotopic (exact) mass is 587 g/mol. The maximum atomic E-state index is 13.8. The number of halogens is 1. The van der Waals surface area contributed by atoms with Crippen molar-refractivity contribution in [1.82, 2.24) is 20.9 Å². The van der Waals surface area contributed by atoms with Crippen LogP contribution in [0.25, 0.3) is 0 Å². The van der Waals surface area contributed by atoms with Gasteiger partial charge >= 0.3 is 0 Å². The third-order valence-electron chi connectivity index (χ3n) is 8.31. The van der Waals surface area contributed by atoms with E-state index in [1.807, 2.05) is 59.5 Å². The average molecular weight is 588 g/mol. The molecule has 3 N–H and O–H groups in total. The summed E-state index contributed by atoms with van der Waals surface area (Å²) in [4.78, 5) is 31.2. The number of carbonyl (C=O) groups excluding carboxylic acids is 2. The highest BCUT2D eigenvalue weighted by Crippen LogP contribution is 2.28. The number of para-hydroxylation sites is 1. The van der Waals surface area contributed by atoms with Gasteiger partial charge in [0.25, 0.3) is 0 Å². The van der Waals surface area contributed by atoms with E-state index in [0.717, 1.165) is 37.3 Å². The van der Waals surface area contributed by atoms with Gasteiger partial charge < -0.3 is 25.8 Å². The minimum absolute atomic E-state index is 0.0425. The quantitative estimate of drug-likeness (QED) is 0.329. The highest BCUT2D eigenvalue weighted by molar-refractivity contribution is 6.30. The molecule has 3 atom stereocenters. The lowest BCUT2D eigenvalue weighted by molar-refractivity contribution is -0.136. The molecule has 0 aromatic heterocycles. The third-order valence-corrected chi connectivity index (χ3v) is 8.56. The summed E-state index contributed by atoms with van der Waals surface area (Å²) in [5.74, 6) is -0.199. The Morgan fingerprint density at radius 2 is 1.64 bits per heavy atom. The van der Waals surface area contributed by atoms with Crippen molar-refractivity contribution in [3.05, 3.63) is 101 Å². The van der Waals surface area contributed by atoms with Crippen molar-refractivity contribution in [3.8, 4) is 0 Å². The maximum Gasteiger partial charge on any atom is 0.245 e. The van der Waals surface area contributed by atoms with Gasteiger partial charge in [-0.05, 0) is 61.2 Å². The summed E-state index contributed by atoms with van der Waals surface area (Å²) in [6.45, 7) is 7.04. The SMILES string of the molecule is CC(NC1CCCNC1)c1ccccc1N1CCN(C(=O)[C@@H](Cc2ccc(Cl)cc2)NC(=O)Cc2ccccc2)CC1. The number of nitrogens with one attached hydrogen (secondary N) is 3. The first-order chi connectivity index (χ1) is 20.5. The standard InChI is InChI=1S/C34H42ClN5O2/c1-25(37-29-10-7-17-36-24-29)30-11-5-6-12-32(30)39-18-20-40(21-19-39)34(42)31(22-27-13-15-28(35)16-14-27)38-33(41)23-26-8-3-2-4-9-26/h2-6,8-9,11-16,25,29,31,36-37H,7,10,17-24H2,1H3,(H,38,41)/t25?,29?,31-/m1/s1. The number of benzene rings is 3. The van der Waals surface area contributed by atoms with Gasteiger partial charge in [-0.1, -0.05) is 72.3 Å². The molecule has 2 heterocycles. The van der Waals surface area contributed by atoms with Crippen LogP contribution in [0.4, 0.5) is 5.69 Å². The van der Waals surface area contributed by atoms with E-state index in [2.05, 4.69) is 52.0 Å². The van der Waals surface area contributed by atoms with Crippen LogP contribution < -0.4 is 20.9 Å². The molecule has 0 spiro atoms. The van der Waals surface area contributed by atoms with Gasteiger partial charge in [-0.25, -0.2) is 0 Å². The number of hydrogen-bond donors (Lipinski definition) is 3. The number of carbonyl (C=O) groups is 2. The summed E-state index contributed by atoms with van der Waals surface area (Å²) in [5.41, 5.74) is 4.39. The van der Waals surface area contributed by atoms with Gasteiger partial charge in [-0.3, -0.25) is 9.59 Å². The second-order valence-electron chi connectivity index (χ2n) is 11.4. The molecule has 222 valence electrons. The fraction of sp³-hybridized carbons (Fsp3) is 0.412. The molecule has 2 unspecified atom stereocenters. The van der Waals surface area contributed by atoms with E-state index in [0.29, 0.717) is 30.6 Å². The lowest BCUT2D eigenvalue weighted by atomic mass is 10.0. The van der Waals surface area contributed by atoms with Gasteiger partial charge in [0.05, 0.1) is 6.42 Å². The minimum atomic E-state index is -0.644. The third kappa shape index (κ3) is 8.12. The zero-order valence-corrected chi connectivity index (χ0v) is 25.2. The largest absolute Gasteiger partial charge is 0.368 e. The fourth-order valence-electron chi connectivity index (χ4n) is 6.05. The van der Waals surface area contributed by atoms with Gasteiger partial charge in [0, 0.05) is 61.9 Å². The van der Waals surface area contributed by atoms with E-state index >= 15 is 0 Å². The maximum absolute atomic E-state index is 13.8. The van der Waals surface area contributed by atoms with Crippen molar-refractivity contribution >= 4 is 29.1 Å². The predicted molar refractivity (Wildman–Crippen MR) is 170 cm³/mol. The topological polar surface area (TPSA) is 76.7 Å². The first-order valence-electron chi connectivity index (χ1n) is 15.1. The Bertz CT molecular complexity index is 1310. The molecule has 2 fully saturated rings. The molecule has 0 radical (unpaired) electrons. The lowest BCUT2D eigenvalue weighted by Gasteiger charge is -2.39. The Balaban J connectivity index is 1.23. The van der Waals surface area contributed by atoms with Crippen molar-refractivity contribution < 1.29 is 9.59 Å². The molecule has 0 saturated carbocycles. The Labute approximate surface area is 254 Å². The number of piperidine rings is 1. The smallest absolute Gasteiger partial charge is 0.245 e. The van der Waals surface area contributed by atoms with E-state index in [1.54, 1.807) is 0 Å². The zero-order valence-electron chi connectivity index (χ0n) is 24.4. The van der Waals surface area contributed by atoms with E-state index < -0.39 is 6.04 Å². The van der Waals surface area contributed by atoms with Crippen LogP contribution in [0.1, 0.15) is 42.5 Å². The highest BCUT2D eigenvalue weighted by atomic mass is 35.5. The number of rotatable bonds is 10. The van der Waals surface area contributed by atoms with E-state index in [4.69, 9.17) is 11.6 Å². The van der Waals surface area contributed by atoms with Crippen molar-refractivity contribution in [2.24, 2.45) is 0 Å². The highest BCUT2D eigenvalue weighted by Gasteiger charge is 2.30. The van der Waals surface area contributed by atoms with Gasteiger partial charge in [0.1, 0.15) is 6.04 Å². The number of amides is 2. The van der Waals surface area contributed by atoms with Crippen LogP contribution in [0, 0.1) is 0 Å². The fourth-order valence-corrected chi connectivity index (χ4v) is 6.18. The van der Waals surface area contributed by atoms with Gasteiger partial charge in [-0.15, -0.1) is 0 Å². The molecule has 2 amide bonds. The van der Waals surface area contributed by atoms with Crippen LogP contribution in [0.5, 0.6) is 0 Å². The Kier molecular flexibility index (Phi) is 10.5. The minimum Gasteiger partial charge on any atom is -0.368 e. The predicted octanol–water partition coefficient (Wildman–Crippen LogP) is 4.36. The van der Waals surface area contributed by atoms with Crippen molar-refractivity contribution in [3.63, 3.8) is 0 Å². The second-order valence-corrected chi connectivity index (χ2v) is 11.9. The summed E-state index contributed by atoms with van der Waals surface area (Å²) in [6, 6.07) is 25.8. The zero-order chi connectivity index (χ0) is 29.3. The number of nitrogens with zero attached hydrogens (tertiary/aromatic N) is 2. The molecule has 5 rings (SSSR count). The van der Waals surface area contributed by atoms with Gasteiger partial charge in [-0.2, -0.15) is 0 Å². The molecule has 2 aliphatic rings. The van der Waals surface area contributed by atoms with Crippen LogP contribution in [-0.2, 0) is 22.4 Å². The van der Waals surface area contributed by atoms with Crippen molar-refractivity contribution in [2.45, 2.75) is 50.7 Å². The molecule has 2 aliphatic heterocycles. The van der Waals surface area contributed by atoms with Crippen molar-refractivity contribution in [1.29, 1.82) is 0 Å². The second kappa shape index (κ2) is 14.7. The average Bonchev–Trinajstić information content (AvgIpc) is 3.02. The van der Waals surface area contributed by atoms with Crippen LogP contribution in [0.3, 0.4) is 0 Å². The summed E-state index contributed by atoms with van der Waals surface area (Å²) >= 11 is 6.09. The van der Waals surface area contributed by atoms with Crippen LogP contribution in [0.2, 0.25) is 5.02 Å². The summed E-state index contributed by atoms with van der Waals surface area (Å²) in [6.07, 6.45) is 3.05. The molecule has 3 aromatic rings. The number of hydrogen-bond acceptors (Lipinski definition) is 5. The normalized spacial score (nSPS) is 18.8. The van der Waals surface area contributed by atoms with Crippen LogP contribution in [-0.4, -0.2) is 68.1 Å². The Hall–Kier alpha value is -3.39. The first-order valence-corrected chi connectivity index (χ1v) is 15.5. The van der Waals surface area contributed by atoms with Gasteiger partial charge in [0.15, 0.2) is 0 Å². The van der Waals surface area contributed by atoms with E-state index in [9.17, 15) is 9.59 Å². The first kappa shape index (κ1) is 30.1. The lowest BCUT2D eigenvalue weighted by Crippen LogP contribution is -2.56. The summed E-state index contributed by atoms with van der Waals surface area (Å²) < 4.78 is 0. The Morgan fingerprint density at radius 3 is 2.36 bits per heavy atom. The molecular weight excluding hydrogens is 546 g/mol. The van der Waals surface area contributed by atoms with E-state index in [1.165, 1.54) is 24.1 Å². The van der Waals surface area contributed by atoms with Crippen molar-refractivity contribution in [2.75, 3.05) is 44.2 Å². The van der Waals surface area contributed by atoms with Crippen LogP contribution >= 0.6 is 11.6 Å². The summed E-state index contributed by atoms with van der Waals surface area (Å²) in [5, 5.41) is 11.0. The molecule has 0 bridgehead atoms. The summed E-state index contributed by atoms with van der Waals surface area (Å²) in [7, 11) is 0. The Morgan fingerprint density at radius 1 is 0.929 bits per heavy atom. The van der Waals surface area contributed by atoms with E-state index in [-0.39, 0.29) is 24.3 Å². The van der Waals surface area contributed by atoms with Gasteiger partial charge in [0.2, 0.25) is 11.8 Å². The molecule has 0 aliphatic carbocycles. The number of anilines is 1. The molecular formula is C34H42ClN5O2.